The van der Waals surface area contributed by atoms with Gasteiger partial charge in [-0.2, -0.15) is 0 Å². The number of rotatable bonds is 4. The zero-order valence-electron chi connectivity index (χ0n) is 11.2. The van der Waals surface area contributed by atoms with Gasteiger partial charge >= 0.3 is 0 Å². The van der Waals surface area contributed by atoms with Crippen molar-refractivity contribution in [2.24, 2.45) is 0 Å². The van der Waals surface area contributed by atoms with Crippen molar-refractivity contribution < 1.29 is 4.92 Å². The molecule has 0 aromatic heterocycles. The van der Waals surface area contributed by atoms with Gasteiger partial charge in [0.2, 0.25) is 0 Å². The lowest BCUT2D eigenvalue weighted by molar-refractivity contribution is -0.384. The van der Waals surface area contributed by atoms with E-state index in [9.17, 15) is 10.1 Å². The molecule has 1 heterocycles. The Bertz CT molecular complexity index is 505. The molecule has 1 fully saturated rings. The fourth-order valence-electron chi connectivity index (χ4n) is 2.63. The van der Waals surface area contributed by atoms with E-state index in [1.54, 1.807) is 6.07 Å². The second kappa shape index (κ2) is 6.61. The molecule has 1 atom stereocenters. The summed E-state index contributed by atoms with van der Waals surface area (Å²) in [6.45, 7) is 4.49. The Kier molecular flexibility index (Phi) is 5.07. The minimum absolute atomic E-state index is 0.00632. The number of nitrogens with one attached hydrogen (secondary N) is 1. The van der Waals surface area contributed by atoms with E-state index in [4.69, 9.17) is 23.2 Å². The summed E-state index contributed by atoms with van der Waals surface area (Å²) in [5, 5.41) is 15.1. The normalized spacial score (nSPS) is 18.9. The van der Waals surface area contributed by atoms with Crippen molar-refractivity contribution in [2.75, 3.05) is 24.5 Å². The molecule has 2 rings (SSSR count). The van der Waals surface area contributed by atoms with Crippen LogP contribution in [0, 0.1) is 10.1 Å². The van der Waals surface area contributed by atoms with E-state index in [1.807, 2.05) is 11.8 Å². The Morgan fingerprint density at radius 2 is 2.15 bits per heavy atom. The number of nitro benzene ring substituents is 1. The third kappa shape index (κ3) is 3.16. The SMILES string of the molecule is CCN(c1cc(Cl)c(Cl)cc1[N+](=O)[O-])C1CCCNC1. The van der Waals surface area contributed by atoms with Crippen molar-refractivity contribution in [1.29, 1.82) is 0 Å². The number of halogens is 2. The summed E-state index contributed by atoms with van der Waals surface area (Å²) in [7, 11) is 0. The summed E-state index contributed by atoms with van der Waals surface area (Å²) >= 11 is 11.9. The maximum atomic E-state index is 11.2. The van der Waals surface area contributed by atoms with Crippen LogP contribution in [0.1, 0.15) is 19.8 Å². The molecule has 110 valence electrons. The number of likely N-dealkylation sites (N-methyl/N-ethyl adjacent to an activating group) is 1. The number of hydrogen-bond acceptors (Lipinski definition) is 4. The van der Waals surface area contributed by atoms with Gasteiger partial charge in [-0.05, 0) is 32.4 Å². The summed E-state index contributed by atoms with van der Waals surface area (Å²) < 4.78 is 0. The Hall–Kier alpha value is -1.04. The van der Waals surface area contributed by atoms with Crippen LogP contribution in [0.5, 0.6) is 0 Å². The molecule has 0 saturated carbocycles. The molecule has 1 saturated heterocycles. The first-order chi connectivity index (χ1) is 9.54. The van der Waals surface area contributed by atoms with Crippen LogP contribution in [0.3, 0.4) is 0 Å². The molecule has 0 spiro atoms. The van der Waals surface area contributed by atoms with Crippen molar-refractivity contribution in [2.45, 2.75) is 25.8 Å². The lowest BCUT2D eigenvalue weighted by atomic mass is 10.0. The van der Waals surface area contributed by atoms with Crippen LogP contribution < -0.4 is 10.2 Å². The summed E-state index contributed by atoms with van der Waals surface area (Å²) in [6, 6.07) is 3.17. The Morgan fingerprint density at radius 3 is 2.70 bits per heavy atom. The minimum Gasteiger partial charge on any atom is -0.362 e. The van der Waals surface area contributed by atoms with Crippen LogP contribution in [0.15, 0.2) is 12.1 Å². The zero-order chi connectivity index (χ0) is 14.7. The fourth-order valence-corrected chi connectivity index (χ4v) is 2.94. The van der Waals surface area contributed by atoms with Crippen LogP contribution in [0.4, 0.5) is 11.4 Å². The molecule has 1 aliphatic heterocycles. The molecule has 1 unspecified atom stereocenters. The van der Waals surface area contributed by atoms with Gasteiger partial charge in [0.05, 0.1) is 15.0 Å². The van der Waals surface area contributed by atoms with Crippen molar-refractivity contribution >= 4 is 34.6 Å². The average Bonchev–Trinajstić information content (AvgIpc) is 2.44. The van der Waals surface area contributed by atoms with Gasteiger partial charge in [0, 0.05) is 25.2 Å². The predicted octanol–water partition coefficient (Wildman–Crippen LogP) is 3.48. The molecule has 0 bridgehead atoms. The maximum absolute atomic E-state index is 11.2. The molecule has 20 heavy (non-hydrogen) atoms. The fraction of sp³-hybridized carbons (Fsp3) is 0.538. The quantitative estimate of drug-likeness (QED) is 0.682. The smallest absolute Gasteiger partial charge is 0.294 e. The van der Waals surface area contributed by atoms with Gasteiger partial charge in [0.15, 0.2) is 0 Å². The molecule has 0 amide bonds. The van der Waals surface area contributed by atoms with Gasteiger partial charge in [-0.15, -0.1) is 0 Å². The molecule has 1 aliphatic rings. The minimum atomic E-state index is -0.406. The van der Waals surface area contributed by atoms with Gasteiger partial charge in [-0.3, -0.25) is 10.1 Å². The molecule has 1 aromatic carbocycles. The third-order valence-electron chi connectivity index (χ3n) is 3.58. The summed E-state index contributed by atoms with van der Waals surface area (Å²) in [5.74, 6) is 0. The Labute approximate surface area is 128 Å². The van der Waals surface area contributed by atoms with Crippen LogP contribution in [-0.2, 0) is 0 Å². The first-order valence-electron chi connectivity index (χ1n) is 6.65. The number of nitrogens with zero attached hydrogens (tertiary/aromatic N) is 2. The van der Waals surface area contributed by atoms with E-state index in [2.05, 4.69) is 5.32 Å². The van der Waals surface area contributed by atoms with Gasteiger partial charge in [-0.25, -0.2) is 0 Å². The van der Waals surface area contributed by atoms with Gasteiger partial charge in [-0.1, -0.05) is 23.2 Å². The summed E-state index contributed by atoms with van der Waals surface area (Å²) in [4.78, 5) is 12.9. The molecule has 0 aliphatic carbocycles. The highest BCUT2D eigenvalue weighted by molar-refractivity contribution is 6.42. The van der Waals surface area contributed by atoms with E-state index < -0.39 is 4.92 Å². The molecule has 5 nitrogen and oxygen atoms in total. The van der Waals surface area contributed by atoms with Gasteiger partial charge in [0.1, 0.15) is 5.69 Å². The highest BCUT2D eigenvalue weighted by atomic mass is 35.5. The van der Waals surface area contributed by atoms with Crippen LogP contribution in [0.25, 0.3) is 0 Å². The molecule has 7 heteroatoms. The first-order valence-corrected chi connectivity index (χ1v) is 7.41. The lowest BCUT2D eigenvalue weighted by Crippen LogP contribution is -2.46. The zero-order valence-corrected chi connectivity index (χ0v) is 12.7. The average molecular weight is 318 g/mol. The number of piperidine rings is 1. The topological polar surface area (TPSA) is 58.4 Å². The Balaban J connectivity index is 2.41. The van der Waals surface area contributed by atoms with Crippen molar-refractivity contribution in [1.82, 2.24) is 5.32 Å². The summed E-state index contributed by atoms with van der Waals surface area (Å²) in [6.07, 6.45) is 2.08. The lowest BCUT2D eigenvalue weighted by Gasteiger charge is -2.35. The predicted molar refractivity (Wildman–Crippen MR) is 82.0 cm³/mol. The molecular formula is C13H17Cl2N3O2. The van der Waals surface area contributed by atoms with Crippen molar-refractivity contribution in [3.63, 3.8) is 0 Å². The third-order valence-corrected chi connectivity index (χ3v) is 4.30. The highest BCUT2D eigenvalue weighted by Gasteiger charge is 2.27. The molecule has 0 radical (unpaired) electrons. The van der Waals surface area contributed by atoms with Crippen LogP contribution >= 0.6 is 23.2 Å². The van der Waals surface area contributed by atoms with Crippen LogP contribution in [0.2, 0.25) is 10.0 Å². The van der Waals surface area contributed by atoms with E-state index in [1.165, 1.54) is 6.07 Å². The van der Waals surface area contributed by atoms with E-state index >= 15 is 0 Å². The standard InChI is InChI=1S/C13H17Cl2N3O2/c1-2-17(9-4-3-5-16-8-9)12-6-10(14)11(15)7-13(12)18(19)20/h6-7,9,16H,2-5,8H2,1H3. The summed E-state index contributed by atoms with van der Waals surface area (Å²) in [5.41, 5.74) is 0.549. The van der Waals surface area contributed by atoms with Crippen molar-refractivity contribution in [3.05, 3.63) is 32.3 Å². The number of anilines is 1. The van der Waals surface area contributed by atoms with Crippen LogP contribution in [-0.4, -0.2) is 30.6 Å². The number of hydrogen-bond donors (Lipinski definition) is 1. The van der Waals surface area contributed by atoms with E-state index in [0.29, 0.717) is 17.3 Å². The highest BCUT2D eigenvalue weighted by Crippen LogP contribution is 2.37. The second-order valence-corrected chi connectivity index (χ2v) is 5.61. The Morgan fingerprint density at radius 1 is 1.45 bits per heavy atom. The van der Waals surface area contributed by atoms with Gasteiger partial charge in [0.25, 0.3) is 5.69 Å². The van der Waals surface area contributed by atoms with Gasteiger partial charge < -0.3 is 10.2 Å². The number of benzene rings is 1. The molecule has 1 N–H and O–H groups in total. The van der Waals surface area contributed by atoms with E-state index in [0.717, 1.165) is 25.9 Å². The second-order valence-electron chi connectivity index (χ2n) is 4.80. The van der Waals surface area contributed by atoms with Crippen molar-refractivity contribution in [3.8, 4) is 0 Å². The number of nitro groups is 1. The molecule has 1 aromatic rings. The largest absolute Gasteiger partial charge is 0.362 e. The first kappa shape index (κ1) is 15.4. The van der Waals surface area contributed by atoms with E-state index in [-0.39, 0.29) is 16.8 Å². The maximum Gasteiger partial charge on any atom is 0.294 e. The monoisotopic (exact) mass is 317 g/mol. The molecular weight excluding hydrogens is 301 g/mol.